The van der Waals surface area contributed by atoms with Crippen LogP contribution >= 0.6 is 0 Å². The van der Waals surface area contributed by atoms with Gasteiger partial charge in [-0.3, -0.25) is 0 Å². The third-order valence-corrected chi connectivity index (χ3v) is 4.14. The topological polar surface area (TPSA) is 44.8 Å². The van der Waals surface area contributed by atoms with Crippen molar-refractivity contribution in [3.63, 3.8) is 0 Å². The van der Waals surface area contributed by atoms with E-state index in [1.54, 1.807) is 18.2 Å². The second-order valence-electron chi connectivity index (χ2n) is 5.60. The minimum atomic E-state index is -0.341. The number of carbonyl (C=O) groups is 1. The number of hydrogen-bond donors (Lipinski definition) is 0. The van der Waals surface area contributed by atoms with Crippen LogP contribution in [-0.4, -0.2) is 12.8 Å². The number of benzene rings is 2. The van der Waals surface area contributed by atoms with Gasteiger partial charge in [0.15, 0.2) is 11.5 Å². The van der Waals surface area contributed by atoms with E-state index in [9.17, 15) is 4.79 Å². The lowest BCUT2D eigenvalue weighted by Gasteiger charge is -2.16. The summed E-state index contributed by atoms with van der Waals surface area (Å²) in [5, 5.41) is 0. The molecule has 2 aromatic rings. The highest BCUT2D eigenvalue weighted by Gasteiger charge is 2.17. The lowest BCUT2D eigenvalue weighted by Crippen LogP contribution is -2.11. The van der Waals surface area contributed by atoms with Gasteiger partial charge in [-0.15, -0.1) is 0 Å². The normalized spacial score (nSPS) is 15.3. The molecule has 1 aliphatic heterocycles. The monoisotopic (exact) mass is 296 g/mol. The van der Waals surface area contributed by atoms with Crippen LogP contribution in [0.2, 0.25) is 0 Å². The Kier molecular flexibility index (Phi) is 3.22. The second-order valence-corrected chi connectivity index (χ2v) is 5.60. The number of ether oxygens (including phenoxy) is 3. The van der Waals surface area contributed by atoms with E-state index in [0.29, 0.717) is 22.8 Å². The average molecular weight is 296 g/mol. The third kappa shape index (κ3) is 2.41. The molecule has 2 aromatic carbocycles. The van der Waals surface area contributed by atoms with E-state index in [1.807, 2.05) is 18.2 Å². The predicted octanol–water partition coefficient (Wildman–Crippen LogP) is 3.51. The predicted molar refractivity (Wildman–Crippen MR) is 80.6 cm³/mol. The van der Waals surface area contributed by atoms with Crippen molar-refractivity contribution < 1.29 is 19.0 Å². The second kappa shape index (κ2) is 5.37. The Morgan fingerprint density at radius 3 is 2.64 bits per heavy atom. The van der Waals surface area contributed by atoms with Gasteiger partial charge in [-0.05, 0) is 61.1 Å². The Morgan fingerprint density at radius 2 is 1.73 bits per heavy atom. The summed E-state index contributed by atoms with van der Waals surface area (Å²) in [6, 6.07) is 11.0. The summed E-state index contributed by atoms with van der Waals surface area (Å²) in [5.41, 5.74) is 3.22. The summed E-state index contributed by atoms with van der Waals surface area (Å²) >= 11 is 0. The van der Waals surface area contributed by atoms with Gasteiger partial charge in [-0.1, -0.05) is 6.07 Å². The molecule has 0 unspecified atom stereocenters. The molecule has 2 aliphatic rings. The van der Waals surface area contributed by atoms with Crippen molar-refractivity contribution in [1.29, 1.82) is 0 Å². The number of rotatable bonds is 2. The smallest absolute Gasteiger partial charge is 0.343 e. The van der Waals surface area contributed by atoms with Gasteiger partial charge in [-0.25, -0.2) is 4.79 Å². The van der Waals surface area contributed by atoms with E-state index >= 15 is 0 Å². The van der Waals surface area contributed by atoms with Crippen molar-refractivity contribution in [1.82, 2.24) is 0 Å². The first kappa shape index (κ1) is 13.2. The van der Waals surface area contributed by atoms with Crippen molar-refractivity contribution in [2.75, 3.05) is 6.79 Å². The van der Waals surface area contributed by atoms with Crippen molar-refractivity contribution >= 4 is 5.97 Å². The fourth-order valence-electron chi connectivity index (χ4n) is 2.97. The molecular weight excluding hydrogens is 280 g/mol. The Hall–Kier alpha value is -2.49. The van der Waals surface area contributed by atoms with E-state index in [4.69, 9.17) is 14.2 Å². The molecule has 4 nitrogen and oxygen atoms in total. The maximum Gasteiger partial charge on any atom is 0.343 e. The fourth-order valence-corrected chi connectivity index (χ4v) is 2.97. The molecule has 4 heteroatoms. The highest BCUT2D eigenvalue weighted by Crippen LogP contribution is 2.35. The van der Waals surface area contributed by atoms with E-state index in [0.717, 1.165) is 12.8 Å². The third-order valence-electron chi connectivity index (χ3n) is 4.14. The lowest BCUT2D eigenvalue weighted by molar-refractivity contribution is 0.0734. The maximum absolute atomic E-state index is 12.3. The molecule has 0 aromatic heterocycles. The Bertz CT molecular complexity index is 736. The quantitative estimate of drug-likeness (QED) is 0.628. The molecule has 0 N–H and O–H groups in total. The van der Waals surface area contributed by atoms with E-state index in [1.165, 1.54) is 24.0 Å². The zero-order valence-electron chi connectivity index (χ0n) is 12.1. The Labute approximate surface area is 128 Å². The Morgan fingerprint density at radius 1 is 0.909 bits per heavy atom. The summed E-state index contributed by atoms with van der Waals surface area (Å²) in [4.78, 5) is 12.3. The van der Waals surface area contributed by atoms with Gasteiger partial charge in [0.2, 0.25) is 6.79 Å². The van der Waals surface area contributed by atoms with Gasteiger partial charge in [0, 0.05) is 6.07 Å². The molecule has 0 saturated heterocycles. The van der Waals surface area contributed by atoms with Gasteiger partial charge < -0.3 is 14.2 Å². The molecular formula is C18H16O4. The SMILES string of the molecule is O=C(Oc1ccc2c(c1)OCO2)c1ccc2c(c1)CCCC2. The highest BCUT2D eigenvalue weighted by molar-refractivity contribution is 5.91. The standard InChI is InChI=1S/C18H16O4/c19-18(14-6-5-12-3-1-2-4-13(12)9-14)22-15-7-8-16-17(10-15)21-11-20-16/h5-10H,1-4,11H2. The average Bonchev–Trinajstić information content (AvgIpc) is 3.02. The number of carbonyl (C=O) groups excluding carboxylic acids is 1. The van der Waals surface area contributed by atoms with Gasteiger partial charge in [0.25, 0.3) is 0 Å². The molecule has 22 heavy (non-hydrogen) atoms. The largest absolute Gasteiger partial charge is 0.454 e. The van der Waals surface area contributed by atoms with E-state index in [-0.39, 0.29) is 12.8 Å². The molecule has 1 heterocycles. The summed E-state index contributed by atoms with van der Waals surface area (Å²) in [5.74, 6) is 1.41. The zero-order chi connectivity index (χ0) is 14.9. The molecule has 0 spiro atoms. The molecule has 0 fully saturated rings. The van der Waals surface area contributed by atoms with Crippen LogP contribution in [-0.2, 0) is 12.8 Å². The van der Waals surface area contributed by atoms with E-state index in [2.05, 4.69) is 0 Å². The van der Waals surface area contributed by atoms with Crippen LogP contribution in [0.1, 0.15) is 34.3 Å². The summed E-state index contributed by atoms with van der Waals surface area (Å²) in [6.45, 7) is 0.206. The number of hydrogen-bond acceptors (Lipinski definition) is 4. The summed E-state index contributed by atoms with van der Waals surface area (Å²) in [7, 11) is 0. The van der Waals surface area contributed by atoms with Crippen LogP contribution < -0.4 is 14.2 Å². The first-order valence-corrected chi connectivity index (χ1v) is 7.53. The number of aryl methyl sites for hydroxylation is 2. The first-order valence-electron chi connectivity index (χ1n) is 7.53. The minimum absolute atomic E-state index is 0.206. The van der Waals surface area contributed by atoms with Crippen molar-refractivity contribution in [3.05, 3.63) is 53.1 Å². The van der Waals surface area contributed by atoms with Crippen LogP contribution in [0, 0.1) is 0 Å². The first-order chi connectivity index (χ1) is 10.8. The molecule has 112 valence electrons. The van der Waals surface area contributed by atoms with Crippen LogP contribution in [0.3, 0.4) is 0 Å². The molecule has 0 saturated carbocycles. The van der Waals surface area contributed by atoms with Gasteiger partial charge >= 0.3 is 5.97 Å². The van der Waals surface area contributed by atoms with Crippen molar-refractivity contribution in [2.24, 2.45) is 0 Å². The van der Waals surface area contributed by atoms with Gasteiger partial charge in [0.05, 0.1) is 5.56 Å². The molecule has 0 amide bonds. The number of esters is 1. The molecule has 0 radical (unpaired) electrons. The van der Waals surface area contributed by atoms with Crippen molar-refractivity contribution in [3.8, 4) is 17.2 Å². The fraction of sp³-hybridized carbons (Fsp3) is 0.278. The zero-order valence-corrected chi connectivity index (χ0v) is 12.1. The molecule has 0 bridgehead atoms. The molecule has 4 rings (SSSR count). The lowest BCUT2D eigenvalue weighted by atomic mass is 9.90. The summed E-state index contributed by atoms with van der Waals surface area (Å²) in [6.07, 6.45) is 4.56. The van der Waals surface area contributed by atoms with Crippen LogP contribution in [0.15, 0.2) is 36.4 Å². The minimum Gasteiger partial charge on any atom is -0.454 e. The molecule has 0 atom stereocenters. The Balaban J connectivity index is 1.54. The number of fused-ring (bicyclic) bond motifs is 2. The van der Waals surface area contributed by atoms with Crippen LogP contribution in [0.25, 0.3) is 0 Å². The van der Waals surface area contributed by atoms with Crippen molar-refractivity contribution in [2.45, 2.75) is 25.7 Å². The maximum atomic E-state index is 12.3. The van der Waals surface area contributed by atoms with Gasteiger partial charge in [0.1, 0.15) is 5.75 Å². The van der Waals surface area contributed by atoms with E-state index < -0.39 is 0 Å². The van der Waals surface area contributed by atoms with Crippen LogP contribution in [0.5, 0.6) is 17.2 Å². The summed E-state index contributed by atoms with van der Waals surface area (Å²) < 4.78 is 16.0. The highest BCUT2D eigenvalue weighted by atomic mass is 16.7. The van der Waals surface area contributed by atoms with Gasteiger partial charge in [-0.2, -0.15) is 0 Å². The van der Waals surface area contributed by atoms with Crippen LogP contribution in [0.4, 0.5) is 0 Å². The molecule has 1 aliphatic carbocycles.